The molecule has 1 aliphatic heterocycles. The molecule has 0 unspecified atom stereocenters. The van der Waals surface area contributed by atoms with Gasteiger partial charge in [-0.25, -0.2) is 4.98 Å². The van der Waals surface area contributed by atoms with E-state index < -0.39 is 0 Å². The number of anilines is 4. The van der Waals surface area contributed by atoms with Crippen LogP contribution in [-0.2, 0) is 43.7 Å². The third-order valence-corrected chi connectivity index (χ3v) is 15.8. The summed E-state index contributed by atoms with van der Waals surface area (Å²) < 4.78 is 9.19. The van der Waals surface area contributed by atoms with E-state index in [1.54, 1.807) is 0 Å². The van der Waals surface area contributed by atoms with Crippen LogP contribution in [0.2, 0.25) is 0 Å². The van der Waals surface area contributed by atoms with Crippen molar-refractivity contribution in [2.24, 2.45) is 0 Å². The van der Waals surface area contributed by atoms with Crippen LogP contribution in [0.5, 0.6) is 11.5 Å². The van der Waals surface area contributed by atoms with Crippen LogP contribution in [0, 0.1) is 18.8 Å². The summed E-state index contributed by atoms with van der Waals surface area (Å²) in [6.07, 6.45) is 2.84. The van der Waals surface area contributed by atoms with Gasteiger partial charge in [0.1, 0.15) is 5.82 Å². The summed E-state index contributed by atoms with van der Waals surface area (Å²) in [7, 11) is 0. The second-order valence-electron chi connectivity index (χ2n) is 24.2. The van der Waals surface area contributed by atoms with E-state index >= 15 is 0 Å². The van der Waals surface area contributed by atoms with Gasteiger partial charge in [-0.2, -0.15) is 12.1 Å². The number of benzene rings is 9. The SMILES string of the molecule is CC(C)(C)c1cc(-c2cccc(-c3cccc(-c4ccccc4)c3)c2N2[CH-]N(c3[c-]c(Oc4[c-]c5c(cc4)c4ccc6c(c4n5-c4cc(C(C)(C)C)ccn4)-c4ccccc4C6)ccc3)c3ccccc32)cc(C(C)(C)C)c1.[Pt]. The van der Waals surface area contributed by atoms with Crippen molar-refractivity contribution in [3.05, 3.63) is 247 Å². The van der Waals surface area contributed by atoms with E-state index in [1.807, 2.05) is 18.3 Å². The van der Waals surface area contributed by atoms with E-state index in [4.69, 9.17) is 9.72 Å². The molecule has 0 saturated heterocycles. The van der Waals surface area contributed by atoms with Gasteiger partial charge in [-0.05, 0) is 114 Å². The number of fused-ring (bicyclic) bond motifs is 8. The number of aromatic nitrogens is 2. The van der Waals surface area contributed by atoms with E-state index in [0.717, 1.165) is 73.5 Å². The first kappa shape index (κ1) is 51.8. The predicted molar refractivity (Wildman–Crippen MR) is 325 cm³/mol. The molecule has 3 heterocycles. The molecule has 6 heteroatoms. The summed E-state index contributed by atoms with van der Waals surface area (Å²) in [6, 6.07) is 77.9. The minimum atomic E-state index is -0.0670. The number of para-hydroxylation sites is 3. The van der Waals surface area contributed by atoms with Crippen molar-refractivity contribution in [3.63, 3.8) is 0 Å². The van der Waals surface area contributed by atoms with Gasteiger partial charge in [0.2, 0.25) is 0 Å². The number of nitrogens with zero attached hydrogens (tertiary/aromatic N) is 4. The summed E-state index contributed by atoms with van der Waals surface area (Å²) in [6.45, 7) is 22.9. The Morgan fingerprint density at radius 1 is 0.468 bits per heavy atom. The first-order valence-corrected chi connectivity index (χ1v) is 27.3. The Morgan fingerprint density at radius 2 is 1.08 bits per heavy atom. The fraction of sp³-hybridized carbons (Fsp3) is 0.178. The molecule has 0 amide bonds. The van der Waals surface area contributed by atoms with Crippen molar-refractivity contribution >= 4 is 44.6 Å². The summed E-state index contributed by atoms with van der Waals surface area (Å²) >= 11 is 0. The van der Waals surface area contributed by atoms with Crippen LogP contribution in [0.3, 0.4) is 0 Å². The van der Waals surface area contributed by atoms with Gasteiger partial charge in [0.15, 0.2) is 0 Å². The van der Waals surface area contributed by atoms with Crippen LogP contribution in [0.4, 0.5) is 22.7 Å². The molecule has 0 bridgehead atoms. The van der Waals surface area contributed by atoms with Gasteiger partial charge in [0.25, 0.3) is 0 Å². The molecule has 0 radical (unpaired) electrons. The summed E-state index contributed by atoms with van der Waals surface area (Å²) in [4.78, 5) is 9.69. The molecule has 5 nitrogen and oxygen atoms in total. The maximum atomic E-state index is 6.88. The second-order valence-corrected chi connectivity index (χ2v) is 24.2. The van der Waals surface area contributed by atoms with Crippen LogP contribution >= 0.6 is 0 Å². The van der Waals surface area contributed by atoms with Gasteiger partial charge in [-0.15, -0.1) is 48.1 Å². The number of ether oxygens (including phenoxy) is 1. The van der Waals surface area contributed by atoms with Crippen molar-refractivity contribution < 1.29 is 25.8 Å². The van der Waals surface area contributed by atoms with E-state index in [1.165, 1.54) is 55.6 Å². The molecular formula is C73H63N4OPt-3. The van der Waals surface area contributed by atoms with E-state index in [-0.39, 0.29) is 37.3 Å². The fourth-order valence-corrected chi connectivity index (χ4v) is 11.6. The van der Waals surface area contributed by atoms with Crippen molar-refractivity contribution in [2.45, 2.75) is 85.0 Å². The normalized spacial score (nSPS) is 13.1. The van der Waals surface area contributed by atoms with Crippen molar-refractivity contribution in [2.75, 3.05) is 9.80 Å². The minimum Gasteiger partial charge on any atom is -0.509 e. The molecule has 2 aliphatic rings. The zero-order valence-corrected chi connectivity index (χ0v) is 48.6. The van der Waals surface area contributed by atoms with Crippen LogP contribution in [0.25, 0.3) is 72.1 Å². The van der Waals surface area contributed by atoms with Gasteiger partial charge in [0.05, 0.1) is 0 Å². The fourth-order valence-electron chi connectivity index (χ4n) is 11.6. The second kappa shape index (κ2) is 19.7. The van der Waals surface area contributed by atoms with Crippen LogP contribution < -0.4 is 14.5 Å². The van der Waals surface area contributed by atoms with Crippen LogP contribution in [0.15, 0.2) is 200 Å². The number of rotatable bonds is 8. The van der Waals surface area contributed by atoms with Gasteiger partial charge >= 0.3 is 0 Å². The Hall–Kier alpha value is -7.98. The van der Waals surface area contributed by atoms with E-state index in [2.05, 4.69) is 277 Å². The third-order valence-electron chi connectivity index (χ3n) is 15.8. The summed E-state index contributed by atoms with van der Waals surface area (Å²) in [5.74, 6) is 2.05. The molecule has 0 spiro atoms. The molecule has 0 atom stereocenters. The van der Waals surface area contributed by atoms with Crippen molar-refractivity contribution in [1.29, 1.82) is 0 Å². The summed E-state index contributed by atoms with van der Waals surface area (Å²) in [5, 5.41) is 2.26. The monoisotopic (exact) mass is 1210 g/mol. The molecule has 0 N–H and O–H groups in total. The van der Waals surface area contributed by atoms with Crippen molar-refractivity contribution in [3.8, 4) is 61.8 Å². The predicted octanol–water partition coefficient (Wildman–Crippen LogP) is 19.4. The number of pyridine rings is 1. The largest absolute Gasteiger partial charge is 0.509 e. The molecule has 9 aromatic carbocycles. The van der Waals surface area contributed by atoms with Gasteiger partial charge in [0, 0.05) is 78.0 Å². The average Bonchev–Trinajstić information content (AvgIpc) is 4.25. The molecule has 79 heavy (non-hydrogen) atoms. The smallest absolute Gasteiger partial charge is 0.135 e. The summed E-state index contributed by atoms with van der Waals surface area (Å²) in [5.41, 5.74) is 21.9. The maximum Gasteiger partial charge on any atom is 0.135 e. The Kier molecular flexibility index (Phi) is 12.9. The van der Waals surface area contributed by atoms with E-state index in [9.17, 15) is 0 Å². The quantitative estimate of drug-likeness (QED) is 0.142. The molecular weight excluding hydrogens is 1140 g/mol. The first-order chi connectivity index (χ1) is 37.5. The molecule has 2 aromatic heterocycles. The maximum absolute atomic E-state index is 6.88. The van der Waals surface area contributed by atoms with Gasteiger partial charge < -0.3 is 19.1 Å². The van der Waals surface area contributed by atoms with Gasteiger partial charge in [-0.1, -0.05) is 201 Å². The Balaban J connectivity index is 0.00000623. The number of hydrogen-bond donors (Lipinski definition) is 0. The molecule has 13 rings (SSSR count). The average molecular weight is 1210 g/mol. The first-order valence-electron chi connectivity index (χ1n) is 27.3. The van der Waals surface area contributed by atoms with Crippen LogP contribution in [0.1, 0.15) is 90.1 Å². The third kappa shape index (κ3) is 9.36. The topological polar surface area (TPSA) is 33.5 Å². The van der Waals surface area contributed by atoms with Gasteiger partial charge in [-0.3, -0.25) is 0 Å². The molecule has 1 aliphatic carbocycles. The molecule has 0 saturated carbocycles. The Labute approximate surface area is 480 Å². The minimum absolute atomic E-state index is 0. The Bertz CT molecular complexity index is 4120. The molecule has 11 aromatic rings. The zero-order valence-electron chi connectivity index (χ0n) is 46.4. The van der Waals surface area contributed by atoms with Crippen molar-refractivity contribution in [1.82, 2.24) is 9.55 Å². The zero-order chi connectivity index (χ0) is 53.7. The van der Waals surface area contributed by atoms with Crippen LogP contribution in [-0.4, -0.2) is 9.55 Å². The van der Waals surface area contributed by atoms with E-state index in [0.29, 0.717) is 11.5 Å². The number of hydrogen-bond acceptors (Lipinski definition) is 4. The molecule has 0 fully saturated rings. The molecule has 394 valence electrons. The standard InChI is InChI=1S/C73H63N4O.Pt/c1-71(2,3)53-36-37-74-67(43-53)77-66-45-58(33-35-62(66)63-34-32-51-39-49-22-13-14-27-59(49)68(51)70(63)77)78-57-26-18-25-56(44-57)75-46-76(65-31-16-15-30-64(65)75)69-60(50-24-17-23-48(38-50)47-20-11-10-12-21-47)28-19-29-61(69)52-40-54(72(4,5)6)42-55(41-52)73(7,8)9;/h10-38,40-43,46H,39H2,1-9H3;/q-3;. The Morgan fingerprint density at radius 3 is 1.82 bits per heavy atom.